The average Bonchev–Trinajstić information content (AvgIpc) is 2.67. The molecule has 0 fully saturated rings. The standard InChI is InChI=1S/C21H21N5O2/c1-14-6-8-16(9-7-14)13-23-20(28)19-10-11-22-21(26-19)25-18-5-3-4-17(12-18)24-15(2)27/h3-12H,13H2,1-2H3,(H,23,28)(H,24,27)(H,22,25,26). The molecule has 3 aromatic rings. The Kier molecular flexibility index (Phi) is 5.96. The molecule has 2 aromatic carbocycles. The lowest BCUT2D eigenvalue weighted by molar-refractivity contribution is -0.114. The summed E-state index contributed by atoms with van der Waals surface area (Å²) < 4.78 is 0. The second kappa shape index (κ2) is 8.77. The third-order valence-electron chi connectivity index (χ3n) is 3.90. The van der Waals surface area contributed by atoms with Crippen LogP contribution in [0.2, 0.25) is 0 Å². The minimum atomic E-state index is -0.280. The Morgan fingerprint density at radius 1 is 1.00 bits per heavy atom. The number of hydrogen-bond acceptors (Lipinski definition) is 5. The lowest BCUT2D eigenvalue weighted by Gasteiger charge is -2.09. The fourth-order valence-corrected chi connectivity index (χ4v) is 2.53. The van der Waals surface area contributed by atoms with Crippen molar-refractivity contribution in [2.75, 3.05) is 10.6 Å². The molecule has 28 heavy (non-hydrogen) atoms. The van der Waals surface area contributed by atoms with E-state index in [0.29, 0.717) is 23.9 Å². The number of nitrogens with zero attached hydrogens (tertiary/aromatic N) is 2. The number of anilines is 3. The Morgan fingerprint density at radius 2 is 1.75 bits per heavy atom. The van der Waals surface area contributed by atoms with Crippen LogP contribution in [0.3, 0.4) is 0 Å². The van der Waals surface area contributed by atoms with Gasteiger partial charge in [0.1, 0.15) is 5.69 Å². The molecule has 0 atom stereocenters. The van der Waals surface area contributed by atoms with E-state index in [2.05, 4.69) is 25.9 Å². The molecule has 0 saturated carbocycles. The first-order chi connectivity index (χ1) is 13.5. The zero-order chi connectivity index (χ0) is 19.9. The lowest BCUT2D eigenvalue weighted by Crippen LogP contribution is -2.24. The van der Waals surface area contributed by atoms with Crippen molar-refractivity contribution >= 4 is 29.1 Å². The van der Waals surface area contributed by atoms with Crippen molar-refractivity contribution in [3.8, 4) is 0 Å². The molecule has 0 aliphatic rings. The molecule has 0 aliphatic carbocycles. The first kappa shape index (κ1) is 19.0. The van der Waals surface area contributed by atoms with E-state index in [1.165, 1.54) is 18.7 Å². The smallest absolute Gasteiger partial charge is 0.270 e. The van der Waals surface area contributed by atoms with Crippen molar-refractivity contribution in [1.82, 2.24) is 15.3 Å². The number of amides is 2. The maximum atomic E-state index is 12.4. The van der Waals surface area contributed by atoms with E-state index < -0.39 is 0 Å². The van der Waals surface area contributed by atoms with Gasteiger partial charge in [-0.1, -0.05) is 35.9 Å². The van der Waals surface area contributed by atoms with Crippen LogP contribution in [-0.2, 0) is 11.3 Å². The number of nitrogens with one attached hydrogen (secondary N) is 3. The Morgan fingerprint density at radius 3 is 2.50 bits per heavy atom. The normalized spacial score (nSPS) is 10.2. The maximum absolute atomic E-state index is 12.4. The van der Waals surface area contributed by atoms with Crippen molar-refractivity contribution in [2.24, 2.45) is 0 Å². The number of carbonyl (C=O) groups excluding carboxylic acids is 2. The highest BCUT2D eigenvalue weighted by molar-refractivity contribution is 5.92. The van der Waals surface area contributed by atoms with Crippen LogP contribution >= 0.6 is 0 Å². The van der Waals surface area contributed by atoms with Crippen molar-refractivity contribution in [2.45, 2.75) is 20.4 Å². The molecule has 0 unspecified atom stereocenters. The topological polar surface area (TPSA) is 96.0 Å². The van der Waals surface area contributed by atoms with Gasteiger partial charge in [-0.2, -0.15) is 0 Å². The molecule has 0 bridgehead atoms. The van der Waals surface area contributed by atoms with Crippen LogP contribution in [0.25, 0.3) is 0 Å². The van der Waals surface area contributed by atoms with E-state index in [9.17, 15) is 9.59 Å². The van der Waals surface area contributed by atoms with Crippen molar-refractivity contribution in [1.29, 1.82) is 0 Å². The van der Waals surface area contributed by atoms with Gasteiger partial charge in [-0.25, -0.2) is 9.97 Å². The molecule has 3 rings (SSSR count). The summed E-state index contributed by atoms with van der Waals surface area (Å²) in [7, 11) is 0. The SMILES string of the molecule is CC(=O)Nc1cccc(Nc2nccc(C(=O)NCc3ccc(C)cc3)n2)c1. The number of rotatable bonds is 6. The first-order valence-electron chi connectivity index (χ1n) is 8.81. The third-order valence-corrected chi connectivity index (χ3v) is 3.90. The third kappa shape index (κ3) is 5.38. The molecule has 0 aliphatic heterocycles. The van der Waals surface area contributed by atoms with Crippen LogP contribution in [0.5, 0.6) is 0 Å². The van der Waals surface area contributed by atoms with E-state index in [0.717, 1.165) is 5.56 Å². The van der Waals surface area contributed by atoms with Gasteiger partial charge in [0.15, 0.2) is 0 Å². The van der Waals surface area contributed by atoms with Crippen molar-refractivity contribution in [3.05, 3.63) is 77.6 Å². The van der Waals surface area contributed by atoms with Crippen LogP contribution in [0.1, 0.15) is 28.5 Å². The minimum Gasteiger partial charge on any atom is -0.347 e. The highest BCUT2D eigenvalue weighted by Gasteiger charge is 2.09. The Balaban J connectivity index is 1.65. The summed E-state index contributed by atoms with van der Waals surface area (Å²) in [5, 5.41) is 8.60. The lowest BCUT2D eigenvalue weighted by atomic mass is 10.1. The second-order valence-electron chi connectivity index (χ2n) is 6.32. The van der Waals surface area contributed by atoms with Crippen LogP contribution in [0.4, 0.5) is 17.3 Å². The summed E-state index contributed by atoms with van der Waals surface area (Å²) in [6.45, 7) is 3.89. The van der Waals surface area contributed by atoms with Gasteiger partial charge in [0, 0.05) is 31.0 Å². The summed E-state index contributed by atoms with van der Waals surface area (Å²) in [4.78, 5) is 32.0. The molecule has 2 amide bonds. The monoisotopic (exact) mass is 375 g/mol. The van der Waals surface area contributed by atoms with E-state index in [-0.39, 0.29) is 17.5 Å². The van der Waals surface area contributed by atoms with Crippen molar-refractivity contribution in [3.63, 3.8) is 0 Å². The predicted octanol–water partition coefficient (Wildman–Crippen LogP) is 3.42. The highest BCUT2D eigenvalue weighted by atomic mass is 16.2. The van der Waals surface area contributed by atoms with Crippen molar-refractivity contribution < 1.29 is 9.59 Å². The largest absolute Gasteiger partial charge is 0.347 e. The Labute approximate surface area is 163 Å². The number of benzene rings is 2. The fourth-order valence-electron chi connectivity index (χ4n) is 2.53. The zero-order valence-corrected chi connectivity index (χ0v) is 15.7. The molecule has 0 saturated heterocycles. The Hall–Kier alpha value is -3.74. The minimum absolute atomic E-state index is 0.152. The summed E-state index contributed by atoms with van der Waals surface area (Å²) in [6.07, 6.45) is 1.52. The van der Waals surface area contributed by atoms with Gasteiger partial charge in [0.05, 0.1) is 0 Å². The number of aryl methyl sites for hydroxylation is 1. The molecule has 0 spiro atoms. The van der Waals surface area contributed by atoms with Gasteiger partial charge in [-0.3, -0.25) is 9.59 Å². The zero-order valence-electron chi connectivity index (χ0n) is 15.7. The second-order valence-corrected chi connectivity index (χ2v) is 6.32. The molecule has 142 valence electrons. The molecular weight excluding hydrogens is 354 g/mol. The Bertz CT molecular complexity index is 986. The molecule has 1 heterocycles. The number of hydrogen-bond donors (Lipinski definition) is 3. The molecular formula is C21H21N5O2. The molecule has 1 aromatic heterocycles. The molecule has 3 N–H and O–H groups in total. The average molecular weight is 375 g/mol. The predicted molar refractivity (Wildman–Crippen MR) is 108 cm³/mol. The van der Waals surface area contributed by atoms with Gasteiger partial charge in [-0.05, 0) is 36.8 Å². The number of aromatic nitrogens is 2. The summed E-state index contributed by atoms with van der Waals surface area (Å²) in [6, 6.07) is 16.7. The van der Waals surface area contributed by atoms with Gasteiger partial charge < -0.3 is 16.0 Å². The number of carbonyl (C=O) groups is 2. The van der Waals surface area contributed by atoms with Crippen LogP contribution in [0.15, 0.2) is 60.8 Å². The maximum Gasteiger partial charge on any atom is 0.270 e. The van der Waals surface area contributed by atoms with Gasteiger partial charge in [0.25, 0.3) is 5.91 Å². The molecule has 7 nitrogen and oxygen atoms in total. The van der Waals surface area contributed by atoms with Crippen LogP contribution in [0, 0.1) is 6.92 Å². The summed E-state index contributed by atoms with van der Waals surface area (Å²) >= 11 is 0. The first-order valence-corrected chi connectivity index (χ1v) is 8.81. The molecule has 7 heteroatoms. The summed E-state index contributed by atoms with van der Waals surface area (Å²) in [5.41, 5.74) is 3.81. The van der Waals surface area contributed by atoms with Crippen LogP contribution in [-0.4, -0.2) is 21.8 Å². The van der Waals surface area contributed by atoms with Gasteiger partial charge in [0.2, 0.25) is 11.9 Å². The highest BCUT2D eigenvalue weighted by Crippen LogP contribution is 2.18. The van der Waals surface area contributed by atoms with E-state index >= 15 is 0 Å². The van der Waals surface area contributed by atoms with E-state index in [1.807, 2.05) is 37.3 Å². The summed E-state index contributed by atoms with van der Waals surface area (Å²) in [5.74, 6) is -0.137. The van der Waals surface area contributed by atoms with E-state index in [4.69, 9.17) is 0 Å². The quantitative estimate of drug-likeness (QED) is 0.613. The van der Waals surface area contributed by atoms with Crippen LogP contribution < -0.4 is 16.0 Å². The molecule has 0 radical (unpaired) electrons. The van der Waals surface area contributed by atoms with Gasteiger partial charge in [-0.15, -0.1) is 0 Å². The fraction of sp³-hybridized carbons (Fsp3) is 0.143. The van der Waals surface area contributed by atoms with E-state index in [1.54, 1.807) is 24.3 Å². The van der Waals surface area contributed by atoms with Gasteiger partial charge >= 0.3 is 0 Å².